The molecule has 1 heterocycles. The molecule has 0 aromatic heterocycles. The van der Waals surface area contributed by atoms with Crippen molar-refractivity contribution in [3.63, 3.8) is 0 Å². The van der Waals surface area contributed by atoms with E-state index in [2.05, 4.69) is 6.92 Å². The smallest absolute Gasteiger partial charge is 0.263 e. The van der Waals surface area contributed by atoms with Crippen molar-refractivity contribution in [1.82, 2.24) is 4.90 Å². The van der Waals surface area contributed by atoms with Crippen LogP contribution in [0.3, 0.4) is 0 Å². The summed E-state index contributed by atoms with van der Waals surface area (Å²) in [4.78, 5) is 14.3. The van der Waals surface area contributed by atoms with Crippen LogP contribution in [0.4, 0.5) is 0 Å². The van der Waals surface area contributed by atoms with Crippen molar-refractivity contribution in [3.05, 3.63) is 24.3 Å². The highest BCUT2D eigenvalue weighted by molar-refractivity contribution is 5.81. The van der Waals surface area contributed by atoms with Gasteiger partial charge in [0.2, 0.25) is 0 Å². The molecule has 0 saturated carbocycles. The van der Waals surface area contributed by atoms with Crippen LogP contribution in [0.2, 0.25) is 0 Å². The van der Waals surface area contributed by atoms with Gasteiger partial charge in [0.15, 0.2) is 17.6 Å². The van der Waals surface area contributed by atoms with E-state index in [1.54, 1.807) is 14.0 Å². The quantitative estimate of drug-likeness (QED) is 0.849. The second-order valence-electron chi connectivity index (χ2n) is 5.44. The molecule has 4 heteroatoms. The lowest BCUT2D eigenvalue weighted by molar-refractivity contribution is -0.139. The van der Waals surface area contributed by atoms with Gasteiger partial charge in [-0.2, -0.15) is 0 Å². The van der Waals surface area contributed by atoms with Crippen LogP contribution in [-0.4, -0.2) is 37.1 Å². The summed E-state index contributed by atoms with van der Waals surface area (Å²) < 4.78 is 11.0. The molecule has 2 atom stereocenters. The van der Waals surface area contributed by atoms with E-state index in [-0.39, 0.29) is 5.91 Å². The van der Waals surface area contributed by atoms with Crippen molar-refractivity contribution in [2.75, 3.05) is 20.2 Å². The van der Waals surface area contributed by atoms with Crippen LogP contribution in [0.25, 0.3) is 0 Å². The number of hydrogen-bond acceptors (Lipinski definition) is 3. The Labute approximate surface area is 120 Å². The number of hydrogen-bond donors (Lipinski definition) is 0. The van der Waals surface area contributed by atoms with E-state index in [0.29, 0.717) is 17.4 Å². The largest absolute Gasteiger partial charge is 0.493 e. The van der Waals surface area contributed by atoms with Crippen molar-refractivity contribution in [2.24, 2.45) is 5.92 Å². The summed E-state index contributed by atoms with van der Waals surface area (Å²) in [6, 6.07) is 7.40. The molecule has 0 unspecified atom stereocenters. The molecule has 0 N–H and O–H groups in total. The maximum atomic E-state index is 12.4. The fourth-order valence-electron chi connectivity index (χ4n) is 2.60. The van der Waals surface area contributed by atoms with Crippen LogP contribution >= 0.6 is 0 Å². The first-order valence-corrected chi connectivity index (χ1v) is 7.20. The normalized spacial score (nSPS) is 20.4. The van der Waals surface area contributed by atoms with E-state index in [1.165, 1.54) is 6.42 Å². The van der Waals surface area contributed by atoms with E-state index in [9.17, 15) is 4.79 Å². The van der Waals surface area contributed by atoms with Crippen molar-refractivity contribution in [1.29, 1.82) is 0 Å². The molecule has 1 fully saturated rings. The van der Waals surface area contributed by atoms with Crippen LogP contribution in [-0.2, 0) is 4.79 Å². The topological polar surface area (TPSA) is 38.8 Å². The molecule has 0 spiro atoms. The number of benzene rings is 1. The summed E-state index contributed by atoms with van der Waals surface area (Å²) in [5.41, 5.74) is 0. The highest BCUT2D eigenvalue weighted by Gasteiger charge is 2.26. The molecule has 0 bridgehead atoms. The average Bonchev–Trinajstić information content (AvgIpc) is 2.47. The first-order valence-electron chi connectivity index (χ1n) is 7.20. The number of carbonyl (C=O) groups excluding carboxylic acids is 1. The Hall–Kier alpha value is -1.71. The second kappa shape index (κ2) is 6.64. The molecule has 1 aromatic carbocycles. The molecule has 0 aliphatic carbocycles. The Morgan fingerprint density at radius 2 is 2.05 bits per heavy atom. The lowest BCUT2D eigenvalue weighted by atomic mass is 10.00. The third-order valence-corrected chi connectivity index (χ3v) is 3.69. The number of nitrogens with zero attached hydrogens (tertiary/aromatic N) is 1. The first kappa shape index (κ1) is 14.7. The zero-order valence-electron chi connectivity index (χ0n) is 12.5. The minimum atomic E-state index is -0.489. The Kier molecular flexibility index (Phi) is 4.88. The van der Waals surface area contributed by atoms with Gasteiger partial charge >= 0.3 is 0 Å². The fraction of sp³-hybridized carbons (Fsp3) is 0.562. The first-order chi connectivity index (χ1) is 9.61. The van der Waals surface area contributed by atoms with Gasteiger partial charge < -0.3 is 14.4 Å². The van der Waals surface area contributed by atoms with E-state index < -0.39 is 6.10 Å². The third kappa shape index (κ3) is 3.44. The van der Waals surface area contributed by atoms with Crippen molar-refractivity contribution in [2.45, 2.75) is 32.8 Å². The molecule has 1 aliphatic heterocycles. The van der Waals surface area contributed by atoms with E-state index in [4.69, 9.17) is 9.47 Å². The zero-order chi connectivity index (χ0) is 14.5. The number of likely N-dealkylation sites (tertiary alicyclic amines) is 1. The van der Waals surface area contributed by atoms with Crippen LogP contribution in [0, 0.1) is 5.92 Å². The maximum absolute atomic E-state index is 12.4. The average molecular weight is 277 g/mol. The number of piperidine rings is 1. The highest BCUT2D eigenvalue weighted by Crippen LogP contribution is 2.27. The van der Waals surface area contributed by atoms with Crippen LogP contribution in [0.15, 0.2) is 24.3 Å². The van der Waals surface area contributed by atoms with Gasteiger partial charge in [0.25, 0.3) is 5.91 Å². The molecule has 0 radical (unpaired) electrons. The van der Waals surface area contributed by atoms with Gasteiger partial charge in [0, 0.05) is 13.1 Å². The van der Waals surface area contributed by atoms with E-state index in [1.807, 2.05) is 29.2 Å². The summed E-state index contributed by atoms with van der Waals surface area (Å²) in [5.74, 6) is 1.90. The predicted molar refractivity (Wildman–Crippen MR) is 78.1 cm³/mol. The Balaban J connectivity index is 2.00. The van der Waals surface area contributed by atoms with E-state index in [0.717, 1.165) is 19.5 Å². The fourth-order valence-corrected chi connectivity index (χ4v) is 2.60. The number of amides is 1. The number of rotatable bonds is 4. The predicted octanol–water partition coefficient (Wildman–Crippen LogP) is 2.72. The van der Waals surface area contributed by atoms with Gasteiger partial charge in [-0.25, -0.2) is 0 Å². The molecular formula is C16H23NO3. The van der Waals surface area contributed by atoms with Gasteiger partial charge in [0.05, 0.1) is 7.11 Å². The number of methoxy groups -OCH3 is 1. The molecule has 1 aromatic rings. The molecular weight excluding hydrogens is 254 g/mol. The third-order valence-electron chi connectivity index (χ3n) is 3.69. The summed E-state index contributed by atoms with van der Waals surface area (Å²) in [7, 11) is 1.60. The van der Waals surface area contributed by atoms with Crippen LogP contribution in [0.5, 0.6) is 11.5 Å². The molecule has 1 aliphatic rings. The SMILES string of the molecule is COc1ccccc1O[C@@H](C)C(=O)N1CCC[C@H](C)C1. The van der Waals surface area contributed by atoms with E-state index >= 15 is 0 Å². The lowest BCUT2D eigenvalue weighted by Crippen LogP contribution is -2.45. The van der Waals surface area contributed by atoms with Crippen molar-refractivity contribution < 1.29 is 14.3 Å². The number of para-hydroxylation sites is 2. The standard InChI is InChI=1S/C16H23NO3/c1-12-7-6-10-17(11-12)16(18)13(2)20-15-9-5-4-8-14(15)19-3/h4-5,8-9,12-13H,6-7,10-11H2,1-3H3/t12-,13-/m0/s1. The lowest BCUT2D eigenvalue weighted by Gasteiger charge is -2.32. The Morgan fingerprint density at radius 3 is 2.70 bits per heavy atom. The molecule has 110 valence electrons. The summed E-state index contributed by atoms with van der Waals surface area (Å²) in [6.07, 6.45) is 1.79. The van der Waals surface area contributed by atoms with Crippen molar-refractivity contribution in [3.8, 4) is 11.5 Å². The van der Waals surface area contributed by atoms with Gasteiger partial charge in [-0.05, 0) is 37.8 Å². The Bertz CT molecular complexity index is 461. The molecule has 1 saturated heterocycles. The summed E-state index contributed by atoms with van der Waals surface area (Å²) in [5, 5.41) is 0. The van der Waals surface area contributed by atoms with Gasteiger partial charge in [-0.3, -0.25) is 4.79 Å². The zero-order valence-corrected chi connectivity index (χ0v) is 12.5. The second-order valence-corrected chi connectivity index (χ2v) is 5.44. The van der Waals surface area contributed by atoms with Crippen molar-refractivity contribution >= 4 is 5.91 Å². The van der Waals surface area contributed by atoms with Crippen LogP contribution in [0.1, 0.15) is 26.7 Å². The highest BCUT2D eigenvalue weighted by atomic mass is 16.5. The molecule has 2 rings (SSSR count). The minimum absolute atomic E-state index is 0.0578. The molecule has 1 amide bonds. The summed E-state index contributed by atoms with van der Waals surface area (Å²) >= 11 is 0. The number of carbonyl (C=O) groups is 1. The summed E-state index contributed by atoms with van der Waals surface area (Å²) in [6.45, 7) is 5.65. The minimum Gasteiger partial charge on any atom is -0.493 e. The molecule has 4 nitrogen and oxygen atoms in total. The Morgan fingerprint density at radius 1 is 1.35 bits per heavy atom. The number of ether oxygens (including phenoxy) is 2. The maximum Gasteiger partial charge on any atom is 0.263 e. The molecule has 20 heavy (non-hydrogen) atoms. The van der Waals surface area contributed by atoms with Crippen LogP contribution < -0.4 is 9.47 Å². The van der Waals surface area contributed by atoms with Gasteiger partial charge in [-0.1, -0.05) is 19.1 Å². The monoisotopic (exact) mass is 277 g/mol. The van der Waals surface area contributed by atoms with Gasteiger partial charge in [0.1, 0.15) is 0 Å². The van der Waals surface area contributed by atoms with Gasteiger partial charge in [-0.15, -0.1) is 0 Å².